The average Bonchev–Trinajstić information content (AvgIpc) is 2.36. The lowest BCUT2D eigenvalue weighted by atomic mass is 10.3. The molecule has 4 nitrogen and oxygen atoms in total. The van der Waals surface area contributed by atoms with Gasteiger partial charge in [0, 0.05) is 17.3 Å². The smallest absolute Gasteiger partial charge is 0.234 e. The summed E-state index contributed by atoms with van der Waals surface area (Å²) in [4.78, 5) is 0. The summed E-state index contributed by atoms with van der Waals surface area (Å²) in [6.07, 6.45) is 0.880. The third-order valence-electron chi connectivity index (χ3n) is 1.57. The fourth-order valence-electron chi connectivity index (χ4n) is 0.959. The summed E-state index contributed by atoms with van der Waals surface area (Å²) in [5, 5.41) is 0. The van der Waals surface area contributed by atoms with Crippen molar-refractivity contribution >= 4 is 19.7 Å². The van der Waals surface area contributed by atoms with Crippen LogP contribution in [-0.4, -0.2) is 40.1 Å². The molecule has 6 heteroatoms. The molecule has 0 aliphatic carbocycles. The van der Waals surface area contributed by atoms with Crippen LogP contribution in [0, 0.1) is 0 Å². The molecule has 0 aromatic heterocycles. The van der Waals surface area contributed by atoms with E-state index in [1.807, 2.05) is 0 Å². The average molecular weight is 215 g/mol. The summed E-state index contributed by atoms with van der Waals surface area (Å²) in [6, 6.07) is 0. The molecule has 0 amide bonds. The first-order valence-corrected chi connectivity index (χ1v) is 6.17. The minimum atomic E-state index is -3.41. The zero-order valence-electron chi connectivity index (χ0n) is 6.53. The van der Waals surface area contributed by atoms with E-state index in [9.17, 15) is 8.42 Å². The first-order chi connectivity index (χ1) is 5.58. The number of ether oxygens (including phenoxy) is 2. The van der Waals surface area contributed by atoms with Crippen molar-refractivity contribution in [3.8, 4) is 0 Å². The highest BCUT2D eigenvalue weighted by Crippen LogP contribution is 2.08. The molecule has 1 fully saturated rings. The predicted molar refractivity (Wildman–Crippen MR) is 44.8 cm³/mol. The minimum Gasteiger partial charge on any atom is -0.379 e. The van der Waals surface area contributed by atoms with Crippen LogP contribution < -0.4 is 0 Å². The number of rotatable bonds is 4. The topological polar surface area (TPSA) is 52.6 Å². The van der Waals surface area contributed by atoms with Crippen LogP contribution in [0.5, 0.6) is 0 Å². The highest BCUT2D eigenvalue weighted by Gasteiger charge is 2.16. The Morgan fingerprint density at radius 2 is 2.33 bits per heavy atom. The summed E-state index contributed by atoms with van der Waals surface area (Å²) >= 11 is 0. The van der Waals surface area contributed by atoms with E-state index >= 15 is 0 Å². The van der Waals surface area contributed by atoms with E-state index in [0.29, 0.717) is 13.2 Å². The van der Waals surface area contributed by atoms with Gasteiger partial charge >= 0.3 is 0 Å². The van der Waals surface area contributed by atoms with Crippen molar-refractivity contribution in [1.29, 1.82) is 0 Å². The van der Waals surface area contributed by atoms with E-state index in [2.05, 4.69) is 0 Å². The van der Waals surface area contributed by atoms with Gasteiger partial charge in [-0.25, -0.2) is 8.42 Å². The third kappa shape index (κ3) is 4.25. The molecule has 1 heterocycles. The van der Waals surface area contributed by atoms with Crippen LogP contribution in [0.15, 0.2) is 0 Å². The maximum Gasteiger partial charge on any atom is 0.234 e. The van der Waals surface area contributed by atoms with Crippen molar-refractivity contribution in [1.82, 2.24) is 0 Å². The summed E-state index contributed by atoms with van der Waals surface area (Å²) in [6.45, 7) is 1.40. The van der Waals surface area contributed by atoms with E-state index < -0.39 is 9.05 Å². The zero-order valence-corrected chi connectivity index (χ0v) is 8.10. The molecule has 0 saturated carbocycles. The summed E-state index contributed by atoms with van der Waals surface area (Å²) in [5.41, 5.74) is 0. The molecule has 1 rings (SSSR count). The van der Waals surface area contributed by atoms with Crippen LogP contribution in [0.25, 0.3) is 0 Å². The molecule has 72 valence electrons. The second-order valence-electron chi connectivity index (χ2n) is 2.60. The van der Waals surface area contributed by atoms with Gasteiger partial charge in [-0.15, -0.1) is 0 Å². The van der Waals surface area contributed by atoms with Gasteiger partial charge in [0.15, 0.2) is 0 Å². The molecule has 0 N–H and O–H groups in total. The predicted octanol–water partition coefficient (Wildman–Crippen LogP) is 0.361. The molecule has 1 aliphatic heterocycles. The van der Waals surface area contributed by atoms with Crippen molar-refractivity contribution in [2.75, 3.05) is 25.6 Å². The van der Waals surface area contributed by atoms with E-state index in [1.54, 1.807) is 0 Å². The van der Waals surface area contributed by atoms with Gasteiger partial charge < -0.3 is 9.47 Å². The SMILES string of the molecule is O=S(=O)(Cl)CCOC1CCOC1. The van der Waals surface area contributed by atoms with Crippen LogP contribution in [0.1, 0.15) is 6.42 Å². The molecule has 0 aromatic carbocycles. The quantitative estimate of drug-likeness (QED) is 0.635. The monoisotopic (exact) mass is 214 g/mol. The standard InChI is InChI=1S/C6H11ClO4S/c7-12(8,9)4-3-11-6-1-2-10-5-6/h6H,1-5H2. The van der Waals surface area contributed by atoms with Gasteiger partial charge in [0.05, 0.1) is 25.1 Å². The Morgan fingerprint density at radius 1 is 1.58 bits per heavy atom. The van der Waals surface area contributed by atoms with Gasteiger partial charge in [0.2, 0.25) is 9.05 Å². The van der Waals surface area contributed by atoms with Gasteiger partial charge in [0.1, 0.15) is 0 Å². The van der Waals surface area contributed by atoms with Gasteiger partial charge in [-0.3, -0.25) is 0 Å². The van der Waals surface area contributed by atoms with Gasteiger partial charge in [0.25, 0.3) is 0 Å². The fourth-order valence-corrected chi connectivity index (χ4v) is 1.44. The van der Waals surface area contributed by atoms with Crippen molar-refractivity contribution in [2.45, 2.75) is 12.5 Å². The van der Waals surface area contributed by atoms with Gasteiger partial charge in [-0.2, -0.15) is 0 Å². The Kier molecular flexibility index (Phi) is 3.77. The Balaban J connectivity index is 2.09. The van der Waals surface area contributed by atoms with Crippen LogP contribution in [-0.2, 0) is 18.5 Å². The molecule has 12 heavy (non-hydrogen) atoms. The molecule has 0 bridgehead atoms. The van der Waals surface area contributed by atoms with Crippen molar-refractivity contribution in [3.05, 3.63) is 0 Å². The molecule has 1 saturated heterocycles. The fraction of sp³-hybridized carbons (Fsp3) is 1.00. The Labute approximate surface area is 76.2 Å². The van der Waals surface area contributed by atoms with E-state index in [-0.39, 0.29) is 18.5 Å². The van der Waals surface area contributed by atoms with Crippen LogP contribution >= 0.6 is 10.7 Å². The molecule has 1 atom stereocenters. The largest absolute Gasteiger partial charge is 0.379 e. The summed E-state index contributed by atoms with van der Waals surface area (Å²) in [7, 11) is 1.57. The second-order valence-corrected chi connectivity index (χ2v) is 5.50. The van der Waals surface area contributed by atoms with Crippen molar-refractivity contribution in [2.24, 2.45) is 0 Å². The van der Waals surface area contributed by atoms with E-state index in [1.165, 1.54) is 0 Å². The zero-order chi connectivity index (χ0) is 9.03. The molecular formula is C6H11ClO4S. The second kappa shape index (κ2) is 4.41. The Bertz CT molecular complexity index is 220. The molecule has 0 aromatic rings. The van der Waals surface area contributed by atoms with Crippen molar-refractivity contribution < 1.29 is 17.9 Å². The van der Waals surface area contributed by atoms with E-state index in [0.717, 1.165) is 6.42 Å². The lowest BCUT2D eigenvalue weighted by molar-refractivity contribution is 0.0521. The highest BCUT2D eigenvalue weighted by atomic mass is 35.7. The van der Waals surface area contributed by atoms with Crippen LogP contribution in [0.4, 0.5) is 0 Å². The number of halogens is 1. The first kappa shape index (κ1) is 10.2. The molecule has 1 aliphatic rings. The summed E-state index contributed by atoms with van der Waals surface area (Å²) < 4.78 is 31.1. The number of hydrogen-bond acceptors (Lipinski definition) is 4. The van der Waals surface area contributed by atoms with Crippen LogP contribution in [0.2, 0.25) is 0 Å². The number of hydrogen-bond donors (Lipinski definition) is 0. The summed E-state index contributed by atoms with van der Waals surface area (Å²) in [5.74, 6) is -0.134. The lowest BCUT2D eigenvalue weighted by Gasteiger charge is -2.07. The Morgan fingerprint density at radius 3 is 2.83 bits per heavy atom. The molecule has 0 spiro atoms. The maximum atomic E-state index is 10.5. The lowest BCUT2D eigenvalue weighted by Crippen LogP contribution is -2.16. The first-order valence-electron chi connectivity index (χ1n) is 3.69. The van der Waals surface area contributed by atoms with Gasteiger partial charge in [-0.1, -0.05) is 0 Å². The van der Waals surface area contributed by atoms with Crippen molar-refractivity contribution in [3.63, 3.8) is 0 Å². The van der Waals surface area contributed by atoms with Crippen LogP contribution in [0.3, 0.4) is 0 Å². The van der Waals surface area contributed by atoms with Gasteiger partial charge in [-0.05, 0) is 6.42 Å². The molecule has 1 unspecified atom stereocenters. The third-order valence-corrected chi connectivity index (χ3v) is 2.69. The molecule has 0 radical (unpaired) electrons. The Hall–Kier alpha value is 0.160. The normalized spacial score (nSPS) is 24.6. The maximum absolute atomic E-state index is 10.5. The highest BCUT2D eigenvalue weighted by molar-refractivity contribution is 8.13. The minimum absolute atomic E-state index is 0.0448. The molecular weight excluding hydrogens is 204 g/mol. The van der Waals surface area contributed by atoms with E-state index in [4.69, 9.17) is 20.2 Å².